The summed E-state index contributed by atoms with van der Waals surface area (Å²) in [6.07, 6.45) is 1.74. The zero-order valence-electron chi connectivity index (χ0n) is 10.6. The van der Waals surface area contributed by atoms with E-state index in [1.807, 2.05) is 44.4 Å². The van der Waals surface area contributed by atoms with Crippen molar-refractivity contribution in [1.82, 2.24) is 0 Å². The Morgan fingerprint density at radius 2 is 1.76 bits per heavy atom. The van der Waals surface area contributed by atoms with Gasteiger partial charge in [-0.15, -0.1) is 11.8 Å². The highest BCUT2D eigenvalue weighted by Crippen LogP contribution is 2.26. The van der Waals surface area contributed by atoms with Crippen LogP contribution in [0.25, 0.3) is 0 Å². The molecule has 0 saturated heterocycles. The molecule has 3 nitrogen and oxygen atoms in total. The molecule has 0 N–H and O–H groups in total. The Kier molecular flexibility index (Phi) is 7.08. The van der Waals surface area contributed by atoms with Crippen molar-refractivity contribution < 1.29 is 14.2 Å². The number of thioether (sulfide) groups is 1. The van der Waals surface area contributed by atoms with E-state index in [1.165, 1.54) is 0 Å². The van der Waals surface area contributed by atoms with Gasteiger partial charge in [-0.3, -0.25) is 0 Å². The van der Waals surface area contributed by atoms with E-state index in [9.17, 15) is 0 Å². The van der Waals surface area contributed by atoms with Gasteiger partial charge in [-0.25, -0.2) is 0 Å². The first-order valence-electron chi connectivity index (χ1n) is 5.80. The SMILES string of the molecule is CCOC(COc1ccccc1SC)OCC. The van der Waals surface area contributed by atoms with Gasteiger partial charge in [-0.05, 0) is 32.2 Å². The minimum atomic E-state index is -0.292. The van der Waals surface area contributed by atoms with E-state index in [1.54, 1.807) is 11.8 Å². The van der Waals surface area contributed by atoms with Crippen LogP contribution in [0.15, 0.2) is 29.2 Å². The number of hydrogen-bond donors (Lipinski definition) is 0. The third-order valence-electron chi connectivity index (χ3n) is 2.15. The minimum Gasteiger partial charge on any atom is -0.487 e. The van der Waals surface area contributed by atoms with E-state index in [4.69, 9.17) is 14.2 Å². The molecule has 0 aliphatic rings. The molecule has 0 unspecified atom stereocenters. The smallest absolute Gasteiger partial charge is 0.191 e. The maximum Gasteiger partial charge on any atom is 0.191 e. The Bertz CT molecular complexity index is 311. The summed E-state index contributed by atoms with van der Waals surface area (Å²) in [7, 11) is 0. The standard InChI is InChI=1S/C13H20O3S/c1-4-14-13(15-5-2)10-16-11-8-6-7-9-12(11)17-3/h6-9,13H,4-5,10H2,1-3H3. The van der Waals surface area contributed by atoms with Gasteiger partial charge >= 0.3 is 0 Å². The van der Waals surface area contributed by atoms with Gasteiger partial charge in [0.2, 0.25) is 0 Å². The molecular formula is C13H20O3S. The molecule has 0 fully saturated rings. The quantitative estimate of drug-likeness (QED) is 0.527. The molecule has 0 radical (unpaired) electrons. The molecule has 0 aliphatic heterocycles. The van der Waals surface area contributed by atoms with Gasteiger partial charge in [0.1, 0.15) is 12.4 Å². The number of rotatable bonds is 8. The molecule has 1 aromatic carbocycles. The van der Waals surface area contributed by atoms with Crippen LogP contribution >= 0.6 is 11.8 Å². The Labute approximate surface area is 107 Å². The third kappa shape index (κ3) is 4.98. The molecule has 0 spiro atoms. The first kappa shape index (κ1) is 14.4. The van der Waals surface area contributed by atoms with Crippen molar-refractivity contribution in [2.24, 2.45) is 0 Å². The Morgan fingerprint density at radius 1 is 1.12 bits per heavy atom. The van der Waals surface area contributed by atoms with Gasteiger partial charge < -0.3 is 14.2 Å². The summed E-state index contributed by atoms with van der Waals surface area (Å²) in [5, 5.41) is 0. The van der Waals surface area contributed by atoms with Crippen molar-refractivity contribution in [3.8, 4) is 5.75 Å². The summed E-state index contributed by atoms with van der Waals surface area (Å²) in [6, 6.07) is 7.96. The average Bonchev–Trinajstić information content (AvgIpc) is 2.37. The molecule has 1 rings (SSSR count). The fraction of sp³-hybridized carbons (Fsp3) is 0.538. The predicted octanol–water partition coefficient (Wildman–Crippen LogP) is 3.19. The first-order chi connectivity index (χ1) is 8.31. The fourth-order valence-electron chi connectivity index (χ4n) is 1.41. The largest absolute Gasteiger partial charge is 0.487 e. The third-order valence-corrected chi connectivity index (χ3v) is 2.93. The topological polar surface area (TPSA) is 27.7 Å². The van der Waals surface area contributed by atoms with Crippen LogP contribution in [0.4, 0.5) is 0 Å². The Morgan fingerprint density at radius 3 is 2.35 bits per heavy atom. The van der Waals surface area contributed by atoms with Crippen LogP contribution in [0.5, 0.6) is 5.75 Å². The number of benzene rings is 1. The first-order valence-corrected chi connectivity index (χ1v) is 7.03. The summed E-state index contributed by atoms with van der Waals surface area (Å²) < 4.78 is 16.6. The van der Waals surface area contributed by atoms with Crippen LogP contribution in [0, 0.1) is 0 Å². The van der Waals surface area contributed by atoms with E-state index in [-0.39, 0.29) is 6.29 Å². The molecule has 96 valence electrons. The normalized spacial score (nSPS) is 10.8. The van der Waals surface area contributed by atoms with Crippen LogP contribution < -0.4 is 4.74 Å². The van der Waals surface area contributed by atoms with Gasteiger partial charge in [-0.1, -0.05) is 12.1 Å². The van der Waals surface area contributed by atoms with Crippen LogP contribution in [-0.2, 0) is 9.47 Å². The Hall–Kier alpha value is -0.710. The van der Waals surface area contributed by atoms with Crippen molar-refractivity contribution in [3.05, 3.63) is 24.3 Å². The lowest BCUT2D eigenvalue weighted by Gasteiger charge is -2.18. The molecular weight excluding hydrogens is 236 g/mol. The molecule has 0 aliphatic carbocycles. The van der Waals surface area contributed by atoms with E-state index in [2.05, 4.69) is 0 Å². The van der Waals surface area contributed by atoms with Crippen molar-refractivity contribution in [3.63, 3.8) is 0 Å². The maximum absolute atomic E-state index is 5.72. The van der Waals surface area contributed by atoms with Gasteiger partial charge in [-0.2, -0.15) is 0 Å². The zero-order chi connectivity index (χ0) is 12.5. The molecule has 0 atom stereocenters. The van der Waals surface area contributed by atoms with Crippen LogP contribution in [-0.4, -0.2) is 32.4 Å². The lowest BCUT2D eigenvalue weighted by molar-refractivity contribution is -0.152. The molecule has 1 aromatic rings. The monoisotopic (exact) mass is 256 g/mol. The number of hydrogen-bond acceptors (Lipinski definition) is 4. The average molecular weight is 256 g/mol. The van der Waals surface area contributed by atoms with Gasteiger partial charge in [0.15, 0.2) is 6.29 Å². The van der Waals surface area contributed by atoms with Crippen LogP contribution in [0.3, 0.4) is 0 Å². The molecule has 4 heteroatoms. The van der Waals surface area contributed by atoms with Gasteiger partial charge in [0.25, 0.3) is 0 Å². The number of ether oxygens (including phenoxy) is 3. The molecule has 0 heterocycles. The van der Waals surface area contributed by atoms with E-state index < -0.39 is 0 Å². The molecule has 17 heavy (non-hydrogen) atoms. The van der Waals surface area contributed by atoms with Crippen LogP contribution in [0.1, 0.15) is 13.8 Å². The fourth-order valence-corrected chi connectivity index (χ4v) is 1.95. The van der Waals surface area contributed by atoms with Crippen molar-refractivity contribution in [2.75, 3.05) is 26.1 Å². The second-order valence-corrected chi connectivity index (χ2v) is 4.15. The highest BCUT2D eigenvalue weighted by Gasteiger charge is 2.10. The van der Waals surface area contributed by atoms with Gasteiger partial charge in [0.05, 0.1) is 0 Å². The zero-order valence-corrected chi connectivity index (χ0v) is 11.5. The number of para-hydroxylation sites is 1. The van der Waals surface area contributed by atoms with Crippen molar-refractivity contribution in [1.29, 1.82) is 0 Å². The van der Waals surface area contributed by atoms with E-state index in [0.29, 0.717) is 19.8 Å². The minimum absolute atomic E-state index is 0.292. The summed E-state index contributed by atoms with van der Waals surface area (Å²) in [5.74, 6) is 0.879. The van der Waals surface area contributed by atoms with E-state index >= 15 is 0 Å². The summed E-state index contributed by atoms with van der Waals surface area (Å²) >= 11 is 1.67. The lowest BCUT2D eigenvalue weighted by Crippen LogP contribution is -2.25. The van der Waals surface area contributed by atoms with Crippen molar-refractivity contribution >= 4 is 11.8 Å². The summed E-state index contributed by atoms with van der Waals surface area (Å²) in [6.45, 7) is 5.55. The second-order valence-electron chi connectivity index (χ2n) is 3.30. The van der Waals surface area contributed by atoms with E-state index in [0.717, 1.165) is 10.6 Å². The molecule has 0 amide bonds. The highest BCUT2D eigenvalue weighted by molar-refractivity contribution is 7.98. The summed E-state index contributed by atoms with van der Waals surface area (Å²) in [5.41, 5.74) is 0. The van der Waals surface area contributed by atoms with Crippen molar-refractivity contribution in [2.45, 2.75) is 25.0 Å². The highest BCUT2D eigenvalue weighted by atomic mass is 32.2. The molecule has 0 saturated carbocycles. The second kappa shape index (κ2) is 8.39. The maximum atomic E-state index is 5.72. The summed E-state index contributed by atoms with van der Waals surface area (Å²) in [4.78, 5) is 1.12. The predicted molar refractivity (Wildman–Crippen MR) is 70.8 cm³/mol. The molecule has 0 bridgehead atoms. The Balaban J connectivity index is 2.52. The lowest BCUT2D eigenvalue weighted by atomic mass is 10.3. The van der Waals surface area contributed by atoms with Gasteiger partial charge in [0, 0.05) is 18.1 Å². The van der Waals surface area contributed by atoms with Crippen LogP contribution in [0.2, 0.25) is 0 Å². The molecule has 0 aromatic heterocycles.